The highest BCUT2D eigenvalue weighted by Crippen LogP contribution is 2.23. The zero-order valence-corrected chi connectivity index (χ0v) is 16.8. The van der Waals surface area contributed by atoms with Gasteiger partial charge in [-0.25, -0.2) is 9.78 Å². The number of benzene rings is 2. The topological polar surface area (TPSA) is 105 Å². The lowest BCUT2D eigenvalue weighted by Crippen LogP contribution is -2.33. The first kappa shape index (κ1) is 19.6. The van der Waals surface area contributed by atoms with E-state index in [1.165, 1.54) is 0 Å². The molecule has 1 fully saturated rings. The van der Waals surface area contributed by atoms with Crippen LogP contribution in [0.2, 0.25) is 0 Å². The van der Waals surface area contributed by atoms with Crippen molar-refractivity contribution in [3.05, 3.63) is 59.9 Å². The Bertz CT molecular complexity index is 1120. The van der Waals surface area contributed by atoms with E-state index in [4.69, 9.17) is 4.98 Å². The van der Waals surface area contributed by atoms with Crippen molar-refractivity contribution in [1.82, 2.24) is 20.2 Å². The molecule has 1 aliphatic heterocycles. The summed E-state index contributed by atoms with van der Waals surface area (Å²) >= 11 is 0. The molecule has 2 aromatic carbocycles. The van der Waals surface area contributed by atoms with Crippen LogP contribution in [0.3, 0.4) is 0 Å². The number of imidazole rings is 1. The smallest absolute Gasteiger partial charge is 0.322 e. The van der Waals surface area contributed by atoms with Crippen LogP contribution in [0.15, 0.2) is 48.5 Å². The summed E-state index contributed by atoms with van der Waals surface area (Å²) in [6.07, 6.45) is -0.113. The van der Waals surface area contributed by atoms with Gasteiger partial charge in [0.15, 0.2) is 0 Å². The van der Waals surface area contributed by atoms with Gasteiger partial charge in [-0.2, -0.15) is 0 Å². The standard InChI is InChI=1S/C22H23N5O3/c1-13(2)20-24-16-5-3-4-6-18(16)27(20)12-14-7-9-15(10-8-14)23-19(28)11-17-21(29)26-22(30)25-17/h3-10,13,17H,11-12H2,1-2H3,(H,23,28)(H2,25,26,29,30). The average Bonchev–Trinajstić information content (AvgIpc) is 3.23. The van der Waals surface area contributed by atoms with Gasteiger partial charge in [-0.1, -0.05) is 38.1 Å². The van der Waals surface area contributed by atoms with Crippen LogP contribution in [0, 0.1) is 0 Å². The quantitative estimate of drug-likeness (QED) is 0.549. The first-order valence-electron chi connectivity index (χ1n) is 9.86. The second-order valence-electron chi connectivity index (χ2n) is 7.66. The number of amides is 4. The normalized spacial score (nSPS) is 16.0. The minimum Gasteiger partial charge on any atom is -0.326 e. The summed E-state index contributed by atoms with van der Waals surface area (Å²) in [5.41, 5.74) is 3.79. The number of urea groups is 1. The molecule has 0 aliphatic carbocycles. The zero-order chi connectivity index (χ0) is 21.3. The van der Waals surface area contributed by atoms with Gasteiger partial charge in [-0.05, 0) is 29.8 Å². The maximum Gasteiger partial charge on any atom is 0.322 e. The van der Waals surface area contributed by atoms with E-state index < -0.39 is 18.0 Å². The summed E-state index contributed by atoms with van der Waals surface area (Å²) in [4.78, 5) is 39.6. The molecule has 4 amide bonds. The van der Waals surface area contributed by atoms with E-state index in [9.17, 15) is 14.4 Å². The Morgan fingerprint density at radius 2 is 1.87 bits per heavy atom. The molecule has 2 heterocycles. The second-order valence-corrected chi connectivity index (χ2v) is 7.66. The fourth-order valence-corrected chi connectivity index (χ4v) is 3.58. The van der Waals surface area contributed by atoms with Crippen LogP contribution in [0.1, 0.15) is 37.6 Å². The molecule has 0 bridgehead atoms. The van der Waals surface area contributed by atoms with E-state index >= 15 is 0 Å². The lowest BCUT2D eigenvalue weighted by Gasteiger charge is -2.13. The van der Waals surface area contributed by atoms with Crippen molar-refractivity contribution in [2.24, 2.45) is 0 Å². The number of hydrogen-bond acceptors (Lipinski definition) is 4. The molecule has 8 nitrogen and oxygen atoms in total. The van der Waals surface area contributed by atoms with Gasteiger partial charge >= 0.3 is 6.03 Å². The molecule has 1 atom stereocenters. The Kier molecular flexibility index (Phi) is 5.22. The molecule has 1 saturated heterocycles. The number of anilines is 1. The fourth-order valence-electron chi connectivity index (χ4n) is 3.58. The second kappa shape index (κ2) is 7.98. The van der Waals surface area contributed by atoms with Crippen LogP contribution >= 0.6 is 0 Å². The molecule has 1 aliphatic rings. The van der Waals surface area contributed by atoms with Crippen LogP contribution in [-0.2, 0) is 16.1 Å². The van der Waals surface area contributed by atoms with Gasteiger partial charge in [0, 0.05) is 18.2 Å². The zero-order valence-electron chi connectivity index (χ0n) is 16.8. The Labute approximate surface area is 173 Å². The third-order valence-corrected chi connectivity index (χ3v) is 5.03. The number of fused-ring (bicyclic) bond motifs is 1. The molecular weight excluding hydrogens is 382 g/mol. The molecule has 3 aromatic rings. The molecule has 0 radical (unpaired) electrons. The monoisotopic (exact) mass is 405 g/mol. The number of aromatic nitrogens is 2. The largest absolute Gasteiger partial charge is 0.326 e. The number of carbonyl (C=O) groups is 3. The Hall–Kier alpha value is -3.68. The molecule has 30 heavy (non-hydrogen) atoms. The summed E-state index contributed by atoms with van der Waals surface area (Å²) in [7, 11) is 0. The van der Waals surface area contributed by atoms with Gasteiger partial charge in [-0.15, -0.1) is 0 Å². The minimum atomic E-state index is -0.833. The summed E-state index contributed by atoms with van der Waals surface area (Å²) in [6.45, 7) is 4.93. The molecule has 4 rings (SSSR count). The maximum atomic E-state index is 12.2. The summed E-state index contributed by atoms with van der Waals surface area (Å²) < 4.78 is 2.22. The highest BCUT2D eigenvalue weighted by Gasteiger charge is 2.31. The van der Waals surface area contributed by atoms with Crippen LogP contribution in [0.25, 0.3) is 11.0 Å². The van der Waals surface area contributed by atoms with Gasteiger partial charge in [0.2, 0.25) is 5.91 Å². The SMILES string of the molecule is CC(C)c1nc2ccccc2n1Cc1ccc(NC(=O)CC2NC(=O)NC2=O)cc1. The Morgan fingerprint density at radius 3 is 2.53 bits per heavy atom. The molecule has 154 valence electrons. The number of rotatable bonds is 6. The van der Waals surface area contributed by atoms with Gasteiger partial charge < -0.3 is 15.2 Å². The number of nitrogens with one attached hydrogen (secondary N) is 3. The fraction of sp³-hybridized carbons (Fsp3) is 0.273. The van der Waals surface area contributed by atoms with E-state index in [0.717, 1.165) is 22.4 Å². The van der Waals surface area contributed by atoms with Crippen molar-refractivity contribution in [3.63, 3.8) is 0 Å². The van der Waals surface area contributed by atoms with Crippen molar-refractivity contribution in [1.29, 1.82) is 0 Å². The first-order valence-corrected chi connectivity index (χ1v) is 9.86. The highest BCUT2D eigenvalue weighted by molar-refractivity contribution is 6.06. The maximum absolute atomic E-state index is 12.2. The molecule has 0 spiro atoms. The Balaban J connectivity index is 1.45. The number of para-hydroxylation sites is 2. The van der Waals surface area contributed by atoms with Crippen LogP contribution in [-0.4, -0.2) is 33.4 Å². The van der Waals surface area contributed by atoms with Crippen molar-refractivity contribution in [2.75, 3.05) is 5.32 Å². The summed E-state index contributed by atoms with van der Waals surface area (Å²) in [6, 6.07) is 14.2. The van der Waals surface area contributed by atoms with Crippen molar-refractivity contribution >= 4 is 34.6 Å². The van der Waals surface area contributed by atoms with Crippen molar-refractivity contribution in [3.8, 4) is 0 Å². The predicted octanol–water partition coefficient (Wildman–Crippen LogP) is 2.74. The van der Waals surface area contributed by atoms with E-state index in [0.29, 0.717) is 18.2 Å². The van der Waals surface area contributed by atoms with E-state index in [1.807, 2.05) is 42.5 Å². The summed E-state index contributed by atoms with van der Waals surface area (Å²) in [5, 5.41) is 7.29. The van der Waals surface area contributed by atoms with E-state index in [-0.39, 0.29) is 12.3 Å². The highest BCUT2D eigenvalue weighted by atomic mass is 16.2. The van der Waals surface area contributed by atoms with Gasteiger partial charge in [-0.3, -0.25) is 14.9 Å². The lowest BCUT2D eigenvalue weighted by atomic mass is 10.1. The third kappa shape index (κ3) is 4.03. The number of carbonyl (C=O) groups excluding carboxylic acids is 3. The minimum absolute atomic E-state index is 0.113. The van der Waals surface area contributed by atoms with Crippen molar-refractivity contribution < 1.29 is 14.4 Å². The third-order valence-electron chi connectivity index (χ3n) is 5.03. The van der Waals surface area contributed by atoms with Gasteiger partial charge in [0.1, 0.15) is 11.9 Å². The van der Waals surface area contributed by atoms with Gasteiger partial charge in [0.25, 0.3) is 5.91 Å². The summed E-state index contributed by atoms with van der Waals surface area (Å²) in [5.74, 6) is 0.501. The first-order chi connectivity index (χ1) is 14.4. The molecule has 1 unspecified atom stereocenters. The molecule has 0 saturated carbocycles. The lowest BCUT2D eigenvalue weighted by molar-refractivity contribution is -0.124. The molecule has 1 aromatic heterocycles. The van der Waals surface area contributed by atoms with Crippen molar-refractivity contribution in [2.45, 2.75) is 38.8 Å². The van der Waals surface area contributed by atoms with E-state index in [1.54, 1.807) is 0 Å². The number of hydrogen-bond donors (Lipinski definition) is 3. The molecular formula is C22H23N5O3. The van der Waals surface area contributed by atoms with Gasteiger partial charge in [0.05, 0.1) is 17.5 Å². The average molecular weight is 405 g/mol. The van der Waals surface area contributed by atoms with E-state index in [2.05, 4.69) is 40.4 Å². The molecule has 3 N–H and O–H groups in total. The number of imide groups is 1. The van der Waals surface area contributed by atoms with Crippen LogP contribution in [0.5, 0.6) is 0 Å². The Morgan fingerprint density at radius 1 is 1.13 bits per heavy atom. The predicted molar refractivity (Wildman–Crippen MR) is 113 cm³/mol. The molecule has 8 heteroatoms. The van der Waals surface area contributed by atoms with Crippen LogP contribution < -0.4 is 16.0 Å². The van der Waals surface area contributed by atoms with Crippen LogP contribution in [0.4, 0.5) is 10.5 Å². The number of nitrogens with zero attached hydrogens (tertiary/aromatic N) is 2.